The predicted octanol–water partition coefficient (Wildman–Crippen LogP) is 3.48. The van der Waals surface area contributed by atoms with Gasteiger partial charge in [-0.2, -0.15) is 0 Å². The SMILES string of the molecule is CCc1nc(C)ccc1OCC(=O)N1CCCC[C@H]1c1ccccn1. The molecule has 1 atom stereocenters. The number of carbonyl (C=O) groups excluding carboxylic acids is 1. The first-order valence-corrected chi connectivity index (χ1v) is 8.98. The van der Waals surface area contributed by atoms with Crippen LogP contribution in [0.25, 0.3) is 0 Å². The second-order valence-corrected chi connectivity index (χ2v) is 6.39. The highest BCUT2D eigenvalue weighted by molar-refractivity contribution is 5.78. The van der Waals surface area contributed by atoms with Gasteiger partial charge in [0.15, 0.2) is 6.61 Å². The van der Waals surface area contributed by atoms with Crippen LogP contribution in [0.1, 0.15) is 49.3 Å². The number of ether oxygens (including phenoxy) is 1. The van der Waals surface area contributed by atoms with E-state index in [2.05, 4.69) is 9.97 Å². The molecule has 132 valence electrons. The number of amides is 1. The van der Waals surface area contributed by atoms with Crippen LogP contribution < -0.4 is 4.74 Å². The van der Waals surface area contributed by atoms with Crippen molar-refractivity contribution in [1.82, 2.24) is 14.9 Å². The van der Waals surface area contributed by atoms with Crippen LogP contribution in [0.5, 0.6) is 5.75 Å². The van der Waals surface area contributed by atoms with Gasteiger partial charge in [0.05, 0.1) is 17.4 Å². The minimum absolute atomic E-state index is 0.0120. The van der Waals surface area contributed by atoms with Crippen molar-refractivity contribution in [1.29, 1.82) is 0 Å². The molecular weight excluding hydrogens is 314 g/mol. The van der Waals surface area contributed by atoms with E-state index >= 15 is 0 Å². The molecule has 0 spiro atoms. The van der Waals surface area contributed by atoms with E-state index in [4.69, 9.17) is 4.74 Å². The van der Waals surface area contributed by atoms with Crippen molar-refractivity contribution in [2.75, 3.05) is 13.2 Å². The molecule has 2 aromatic rings. The second kappa shape index (κ2) is 8.10. The topological polar surface area (TPSA) is 55.3 Å². The third kappa shape index (κ3) is 4.16. The molecule has 1 aliphatic rings. The van der Waals surface area contributed by atoms with Crippen LogP contribution in [0.15, 0.2) is 36.5 Å². The minimum atomic E-state index is 0.0120. The van der Waals surface area contributed by atoms with Crippen molar-refractivity contribution < 1.29 is 9.53 Å². The van der Waals surface area contributed by atoms with Crippen LogP contribution in [-0.2, 0) is 11.2 Å². The Kier molecular flexibility index (Phi) is 5.64. The predicted molar refractivity (Wildman–Crippen MR) is 96.4 cm³/mol. The largest absolute Gasteiger partial charge is 0.482 e. The van der Waals surface area contributed by atoms with Gasteiger partial charge < -0.3 is 9.64 Å². The number of aromatic nitrogens is 2. The molecule has 0 aromatic carbocycles. The Morgan fingerprint density at radius 2 is 2.16 bits per heavy atom. The second-order valence-electron chi connectivity index (χ2n) is 6.39. The number of hydrogen-bond acceptors (Lipinski definition) is 4. The highest BCUT2D eigenvalue weighted by Gasteiger charge is 2.29. The standard InChI is InChI=1S/C20H25N3O2/c1-3-16-19(11-10-15(2)22-16)25-14-20(24)23-13-7-5-9-18(23)17-8-4-6-12-21-17/h4,6,8,10-12,18H,3,5,7,9,13-14H2,1-2H3/t18-/m0/s1. The summed E-state index contributed by atoms with van der Waals surface area (Å²) < 4.78 is 5.81. The number of hydrogen-bond donors (Lipinski definition) is 0. The molecule has 0 aliphatic carbocycles. The van der Waals surface area contributed by atoms with Gasteiger partial charge in [-0.3, -0.25) is 14.8 Å². The van der Waals surface area contributed by atoms with Gasteiger partial charge in [-0.1, -0.05) is 13.0 Å². The first-order chi connectivity index (χ1) is 12.2. The van der Waals surface area contributed by atoms with Crippen LogP contribution >= 0.6 is 0 Å². The van der Waals surface area contributed by atoms with Gasteiger partial charge in [-0.25, -0.2) is 0 Å². The van der Waals surface area contributed by atoms with Gasteiger partial charge >= 0.3 is 0 Å². The molecule has 1 fully saturated rings. The van der Waals surface area contributed by atoms with Crippen LogP contribution in [-0.4, -0.2) is 33.9 Å². The Morgan fingerprint density at radius 1 is 1.28 bits per heavy atom. The lowest BCUT2D eigenvalue weighted by Gasteiger charge is -2.35. The molecule has 5 heteroatoms. The van der Waals surface area contributed by atoms with E-state index < -0.39 is 0 Å². The van der Waals surface area contributed by atoms with E-state index in [0.717, 1.165) is 49.3 Å². The zero-order valence-corrected chi connectivity index (χ0v) is 14.9. The molecule has 25 heavy (non-hydrogen) atoms. The number of carbonyl (C=O) groups is 1. The Labute approximate surface area is 149 Å². The third-order valence-corrected chi connectivity index (χ3v) is 4.61. The summed E-state index contributed by atoms with van der Waals surface area (Å²) in [6.45, 7) is 4.80. The van der Waals surface area contributed by atoms with E-state index in [0.29, 0.717) is 5.75 Å². The zero-order valence-electron chi connectivity index (χ0n) is 14.9. The van der Waals surface area contributed by atoms with E-state index in [1.54, 1.807) is 6.20 Å². The van der Waals surface area contributed by atoms with Gasteiger partial charge in [0.2, 0.25) is 0 Å². The number of nitrogens with zero attached hydrogens (tertiary/aromatic N) is 3. The highest BCUT2D eigenvalue weighted by Crippen LogP contribution is 2.29. The highest BCUT2D eigenvalue weighted by atomic mass is 16.5. The van der Waals surface area contributed by atoms with Crippen LogP contribution in [0.3, 0.4) is 0 Å². The maximum atomic E-state index is 12.8. The molecule has 0 bridgehead atoms. The summed E-state index contributed by atoms with van der Waals surface area (Å²) in [4.78, 5) is 23.6. The Hall–Kier alpha value is -2.43. The van der Waals surface area contributed by atoms with Crippen molar-refractivity contribution in [3.63, 3.8) is 0 Å². The van der Waals surface area contributed by atoms with Crippen LogP contribution in [0, 0.1) is 6.92 Å². The first-order valence-electron chi connectivity index (χ1n) is 8.98. The normalized spacial score (nSPS) is 17.4. The first kappa shape index (κ1) is 17.4. The summed E-state index contributed by atoms with van der Waals surface area (Å²) in [5.74, 6) is 0.714. The molecule has 0 radical (unpaired) electrons. The van der Waals surface area contributed by atoms with Crippen molar-refractivity contribution in [3.8, 4) is 5.75 Å². The Balaban J connectivity index is 1.69. The molecule has 3 rings (SSSR count). The Morgan fingerprint density at radius 3 is 2.92 bits per heavy atom. The third-order valence-electron chi connectivity index (χ3n) is 4.61. The monoisotopic (exact) mass is 339 g/mol. The summed E-state index contributed by atoms with van der Waals surface area (Å²) in [6.07, 6.45) is 5.67. The van der Waals surface area contributed by atoms with E-state index in [1.165, 1.54) is 0 Å². The van der Waals surface area contributed by atoms with Gasteiger partial charge in [-0.15, -0.1) is 0 Å². The number of pyridine rings is 2. The number of aryl methyl sites for hydroxylation is 2. The lowest BCUT2D eigenvalue weighted by atomic mass is 9.99. The average Bonchev–Trinajstić information content (AvgIpc) is 2.67. The molecule has 0 unspecified atom stereocenters. The summed E-state index contributed by atoms with van der Waals surface area (Å²) in [5, 5.41) is 0. The molecule has 2 aromatic heterocycles. The molecule has 0 N–H and O–H groups in total. The lowest BCUT2D eigenvalue weighted by molar-refractivity contribution is -0.137. The summed E-state index contributed by atoms with van der Waals surface area (Å²) in [5.41, 5.74) is 2.82. The number of likely N-dealkylation sites (tertiary alicyclic amines) is 1. The average molecular weight is 339 g/mol. The van der Waals surface area contributed by atoms with Gasteiger partial charge in [0.1, 0.15) is 5.75 Å². The van der Waals surface area contributed by atoms with E-state index in [-0.39, 0.29) is 18.6 Å². The van der Waals surface area contributed by atoms with Crippen molar-refractivity contribution in [3.05, 3.63) is 53.6 Å². The van der Waals surface area contributed by atoms with Crippen LogP contribution in [0.2, 0.25) is 0 Å². The van der Waals surface area contributed by atoms with Crippen molar-refractivity contribution >= 4 is 5.91 Å². The molecule has 1 aliphatic heterocycles. The van der Waals surface area contributed by atoms with Gasteiger partial charge in [0.25, 0.3) is 5.91 Å². The summed E-state index contributed by atoms with van der Waals surface area (Å²) in [7, 11) is 0. The molecule has 1 saturated heterocycles. The molecule has 3 heterocycles. The smallest absolute Gasteiger partial charge is 0.261 e. The summed E-state index contributed by atoms with van der Waals surface area (Å²) >= 11 is 0. The van der Waals surface area contributed by atoms with E-state index in [1.807, 2.05) is 49.1 Å². The Bertz CT molecular complexity index is 718. The number of rotatable bonds is 5. The van der Waals surface area contributed by atoms with Crippen molar-refractivity contribution in [2.45, 2.75) is 45.6 Å². The quantitative estimate of drug-likeness (QED) is 0.837. The van der Waals surface area contributed by atoms with Crippen LogP contribution in [0.4, 0.5) is 0 Å². The molecule has 5 nitrogen and oxygen atoms in total. The van der Waals surface area contributed by atoms with Crippen molar-refractivity contribution in [2.24, 2.45) is 0 Å². The fraction of sp³-hybridized carbons (Fsp3) is 0.450. The van der Waals surface area contributed by atoms with Gasteiger partial charge in [0, 0.05) is 18.4 Å². The fourth-order valence-electron chi connectivity index (χ4n) is 3.32. The molecular formula is C20H25N3O2. The maximum Gasteiger partial charge on any atom is 0.261 e. The number of piperidine rings is 1. The maximum absolute atomic E-state index is 12.8. The fourth-order valence-corrected chi connectivity index (χ4v) is 3.32. The lowest BCUT2D eigenvalue weighted by Crippen LogP contribution is -2.41. The zero-order chi connectivity index (χ0) is 17.6. The van der Waals surface area contributed by atoms with E-state index in [9.17, 15) is 4.79 Å². The van der Waals surface area contributed by atoms with Gasteiger partial charge in [-0.05, 0) is 56.9 Å². The molecule has 1 amide bonds. The molecule has 0 saturated carbocycles. The summed E-state index contributed by atoms with van der Waals surface area (Å²) in [6, 6.07) is 9.74. The minimum Gasteiger partial charge on any atom is -0.482 e.